The second kappa shape index (κ2) is 1.93. The summed E-state index contributed by atoms with van der Waals surface area (Å²) >= 11 is 0. The van der Waals surface area contributed by atoms with Crippen molar-refractivity contribution < 1.29 is 27.4 Å². The summed E-state index contributed by atoms with van der Waals surface area (Å²) in [6.07, 6.45) is -0.368. The molecule has 0 aromatic carbocycles. The van der Waals surface area contributed by atoms with Gasteiger partial charge in [0.2, 0.25) is 5.67 Å². The van der Waals surface area contributed by atoms with E-state index in [4.69, 9.17) is 4.74 Å². The van der Waals surface area contributed by atoms with E-state index in [0.717, 1.165) is 0 Å². The smallest absolute Gasteiger partial charge is 0.318 e. The van der Waals surface area contributed by atoms with Crippen LogP contribution in [0, 0.1) is 5.92 Å². The minimum absolute atomic E-state index is 0.0841. The first kappa shape index (κ1) is 8.52. The van der Waals surface area contributed by atoms with Crippen molar-refractivity contribution in [2.75, 3.05) is 13.2 Å². The molecule has 0 aromatic heterocycles. The van der Waals surface area contributed by atoms with Gasteiger partial charge in [-0.15, -0.1) is 0 Å². The van der Waals surface area contributed by atoms with E-state index < -0.39 is 29.1 Å². The minimum Gasteiger partial charge on any atom is -0.462 e. The van der Waals surface area contributed by atoms with Gasteiger partial charge in [0.05, 0.1) is 6.61 Å². The molecule has 3 nitrogen and oxygen atoms in total. The van der Waals surface area contributed by atoms with E-state index in [0.29, 0.717) is 0 Å². The Kier molecular flexibility index (Phi) is 1.18. The molecule has 0 radical (unpaired) electrons. The molecule has 0 amide bonds. The van der Waals surface area contributed by atoms with Crippen molar-refractivity contribution in [1.82, 2.24) is 0 Å². The Morgan fingerprint density at radius 1 is 1.36 bits per heavy atom. The molecule has 2 saturated heterocycles. The highest BCUT2D eigenvalue weighted by molar-refractivity contribution is 5.81. The molecule has 0 N–H and O–H groups in total. The van der Waals surface area contributed by atoms with Gasteiger partial charge in [-0.1, -0.05) is 0 Å². The number of alkyl halides is 3. The number of rotatable bonds is 0. The zero-order chi connectivity index (χ0) is 10.2. The molecule has 3 rings (SSSR count). The summed E-state index contributed by atoms with van der Waals surface area (Å²) in [6, 6.07) is 0. The number of ether oxygens (including phenoxy) is 2. The lowest BCUT2D eigenvalue weighted by atomic mass is 9.57. The van der Waals surface area contributed by atoms with Gasteiger partial charge in [-0.25, -0.2) is 13.2 Å². The molecule has 2 aliphatic heterocycles. The Hall–Kier alpha value is -0.780. The molecule has 6 heteroatoms. The van der Waals surface area contributed by atoms with Crippen LogP contribution in [0.5, 0.6) is 0 Å². The molecular weight excluding hydrogens is 201 g/mol. The summed E-state index contributed by atoms with van der Waals surface area (Å²) in [5.74, 6) is -6.44. The van der Waals surface area contributed by atoms with Crippen molar-refractivity contribution in [3.8, 4) is 0 Å². The minimum atomic E-state index is -3.64. The van der Waals surface area contributed by atoms with Crippen molar-refractivity contribution in [3.05, 3.63) is 0 Å². The maximum absolute atomic E-state index is 13.9. The molecule has 1 aliphatic carbocycles. The molecule has 14 heavy (non-hydrogen) atoms. The van der Waals surface area contributed by atoms with Crippen LogP contribution in [0.4, 0.5) is 13.2 Å². The molecular formula is C8H7F3O3. The molecule has 0 unspecified atom stereocenters. The number of cyclic esters (lactones) is 1. The van der Waals surface area contributed by atoms with Crippen LogP contribution in [-0.4, -0.2) is 36.4 Å². The molecule has 0 bridgehead atoms. The van der Waals surface area contributed by atoms with Crippen molar-refractivity contribution in [2.45, 2.75) is 23.6 Å². The van der Waals surface area contributed by atoms with Crippen LogP contribution in [0.15, 0.2) is 0 Å². The van der Waals surface area contributed by atoms with E-state index in [1.54, 1.807) is 0 Å². The second-order valence-electron chi connectivity index (χ2n) is 3.95. The summed E-state index contributed by atoms with van der Waals surface area (Å²) in [7, 11) is 0. The quantitative estimate of drug-likeness (QED) is 0.549. The maximum Gasteiger partial charge on any atom is 0.318 e. The Morgan fingerprint density at radius 3 is 2.79 bits per heavy atom. The van der Waals surface area contributed by atoms with Gasteiger partial charge in [-0.3, -0.25) is 4.79 Å². The van der Waals surface area contributed by atoms with Gasteiger partial charge >= 0.3 is 11.9 Å². The predicted molar refractivity (Wildman–Crippen MR) is 36.5 cm³/mol. The van der Waals surface area contributed by atoms with Gasteiger partial charge in [-0.05, 0) is 0 Å². The average molecular weight is 208 g/mol. The van der Waals surface area contributed by atoms with Crippen LogP contribution in [0.1, 0.15) is 6.42 Å². The fourth-order valence-electron chi connectivity index (χ4n) is 2.74. The third-order valence-corrected chi connectivity index (χ3v) is 3.50. The largest absolute Gasteiger partial charge is 0.462 e. The SMILES string of the molecule is O=C1OC[C@]23OCC[C@@]2(F)C(F)(F)[C@H]13. The number of esters is 1. The Labute approximate surface area is 77.2 Å². The maximum atomic E-state index is 13.9. The first-order chi connectivity index (χ1) is 6.46. The standard InChI is InChI=1S/C8H7F3O3/c9-7-1-2-14-6(7)3-13-5(12)4(6)8(7,10)11/h4H,1-3H2/t4-,6-,7+/m1/s1. The van der Waals surface area contributed by atoms with E-state index in [-0.39, 0.29) is 19.6 Å². The van der Waals surface area contributed by atoms with E-state index in [2.05, 4.69) is 4.74 Å². The fourth-order valence-corrected chi connectivity index (χ4v) is 2.74. The summed E-state index contributed by atoms with van der Waals surface area (Å²) in [6.45, 7) is -0.470. The lowest BCUT2D eigenvalue weighted by Crippen LogP contribution is -2.78. The number of hydrogen-bond donors (Lipinski definition) is 0. The second-order valence-corrected chi connectivity index (χ2v) is 3.95. The number of hydrogen-bond acceptors (Lipinski definition) is 3. The molecule has 1 saturated carbocycles. The van der Waals surface area contributed by atoms with Crippen molar-refractivity contribution in [1.29, 1.82) is 0 Å². The van der Waals surface area contributed by atoms with E-state index >= 15 is 0 Å². The zero-order valence-electron chi connectivity index (χ0n) is 7.06. The molecule has 3 aliphatic rings. The highest BCUT2D eigenvalue weighted by Gasteiger charge is 2.92. The van der Waals surface area contributed by atoms with Crippen molar-refractivity contribution in [3.63, 3.8) is 0 Å². The molecule has 1 spiro atoms. The third-order valence-electron chi connectivity index (χ3n) is 3.50. The summed E-state index contributed by atoms with van der Waals surface area (Å²) in [5.41, 5.74) is -4.41. The number of carbonyl (C=O) groups excluding carboxylic acids is 1. The molecule has 0 aromatic rings. The summed E-state index contributed by atoms with van der Waals surface area (Å²) in [5, 5.41) is 0. The van der Waals surface area contributed by atoms with Gasteiger partial charge in [0, 0.05) is 6.42 Å². The van der Waals surface area contributed by atoms with Gasteiger partial charge in [0.15, 0.2) is 11.5 Å². The van der Waals surface area contributed by atoms with Gasteiger partial charge in [0.1, 0.15) is 6.61 Å². The fraction of sp³-hybridized carbons (Fsp3) is 0.875. The predicted octanol–water partition coefficient (Wildman–Crippen LogP) is 0.676. The lowest BCUT2D eigenvalue weighted by molar-refractivity contribution is -0.325. The Morgan fingerprint density at radius 2 is 2.07 bits per heavy atom. The zero-order valence-corrected chi connectivity index (χ0v) is 7.06. The highest BCUT2D eigenvalue weighted by atomic mass is 19.3. The van der Waals surface area contributed by atoms with Crippen LogP contribution >= 0.6 is 0 Å². The van der Waals surface area contributed by atoms with E-state index in [1.807, 2.05) is 0 Å². The monoisotopic (exact) mass is 208 g/mol. The van der Waals surface area contributed by atoms with Crippen LogP contribution in [0.3, 0.4) is 0 Å². The molecule has 3 fully saturated rings. The average Bonchev–Trinajstić information content (AvgIpc) is 2.56. The van der Waals surface area contributed by atoms with Crippen molar-refractivity contribution >= 4 is 5.97 Å². The number of halogens is 3. The summed E-state index contributed by atoms with van der Waals surface area (Å²) in [4.78, 5) is 11.0. The molecule has 78 valence electrons. The number of carbonyl (C=O) groups is 1. The van der Waals surface area contributed by atoms with Crippen LogP contribution in [0.25, 0.3) is 0 Å². The summed E-state index contributed by atoms with van der Waals surface area (Å²) < 4.78 is 50.0. The Bertz CT molecular complexity index is 332. The van der Waals surface area contributed by atoms with Gasteiger partial charge in [0.25, 0.3) is 0 Å². The topological polar surface area (TPSA) is 35.5 Å². The first-order valence-corrected chi connectivity index (χ1v) is 4.33. The Balaban J connectivity index is 2.13. The lowest BCUT2D eigenvalue weighted by Gasteiger charge is -2.53. The van der Waals surface area contributed by atoms with Crippen LogP contribution in [0.2, 0.25) is 0 Å². The van der Waals surface area contributed by atoms with E-state index in [1.165, 1.54) is 0 Å². The first-order valence-electron chi connectivity index (χ1n) is 4.33. The van der Waals surface area contributed by atoms with Gasteiger partial charge in [-0.2, -0.15) is 0 Å². The van der Waals surface area contributed by atoms with Crippen LogP contribution < -0.4 is 0 Å². The highest BCUT2D eigenvalue weighted by Crippen LogP contribution is 2.69. The molecule has 2 heterocycles. The van der Waals surface area contributed by atoms with E-state index in [9.17, 15) is 18.0 Å². The van der Waals surface area contributed by atoms with Crippen molar-refractivity contribution in [2.24, 2.45) is 5.92 Å². The third kappa shape index (κ3) is 0.526. The van der Waals surface area contributed by atoms with Crippen LogP contribution in [-0.2, 0) is 14.3 Å². The van der Waals surface area contributed by atoms with Gasteiger partial charge < -0.3 is 9.47 Å². The normalized spacial score (nSPS) is 53.4. The molecule has 3 atom stereocenters.